The zero-order valence-electron chi connectivity index (χ0n) is 36.7. The summed E-state index contributed by atoms with van der Waals surface area (Å²) in [5.74, 6) is -0.858. The zero-order chi connectivity index (χ0) is 40.7. The Hall–Kier alpha value is -2.61. The molecule has 1 fully saturated rings. The summed E-state index contributed by atoms with van der Waals surface area (Å²) >= 11 is 0. The Kier molecular flexibility index (Phi) is 34.8. The van der Waals surface area contributed by atoms with Crippen molar-refractivity contribution in [3.05, 3.63) is 36.0 Å². The van der Waals surface area contributed by atoms with Crippen LogP contribution in [0.25, 0.3) is 0 Å². The van der Waals surface area contributed by atoms with E-state index in [1.54, 1.807) is 6.08 Å². The van der Waals surface area contributed by atoms with E-state index in [0.717, 1.165) is 115 Å². The van der Waals surface area contributed by atoms with Gasteiger partial charge in [-0.1, -0.05) is 141 Å². The van der Waals surface area contributed by atoms with Crippen molar-refractivity contribution in [2.75, 3.05) is 46.6 Å². The van der Waals surface area contributed by atoms with Crippen molar-refractivity contribution in [3.63, 3.8) is 0 Å². The molecule has 324 valence electrons. The smallest absolute Gasteiger partial charge is 0.465 e. The molecule has 0 saturated carbocycles. The number of carbonyl (C=O) groups is 3. The summed E-state index contributed by atoms with van der Waals surface area (Å²) < 4.78 is 22.2. The van der Waals surface area contributed by atoms with Gasteiger partial charge in [0.2, 0.25) is 0 Å². The summed E-state index contributed by atoms with van der Waals surface area (Å²) in [4.78, 5) is 40.4. The molecule has 56 heavy (non-hydrogen) atoms. The van der Waals surface area contributed by atoms with Gasteiger partial charge in [-0.15, -0.1) is 0 Å². The Labute approximate surface area is 344 Å². The first-order valence-corrected chi connectivity index (χ1v) is 23.2. The fraction of sp³-hybridized carbons (Fsp3) is 0.812. The molecule has 0 bridgehead atoms. The summed E-state index contributed by atoms with van der Waals surface area (Å²) in [5.41, 5.74) is 1.14. The second kappa shape index (κ2) is 37.9. The lowest BCUT2D eigenvalue weighted by Crippen LogP contribution is -2.35. The maximum Gasteiger partial charge on any atom is 0.508 e. The minimum Gasteiger partial charge on any atom is -0.465 e. The van der Waals surface area contributed by atoms with Gasteiger partial charge in [-0.25, -0.2) is 9.59 Å². The second-order valence-corrected chi connectivity index (χ2v) is 16.3. The van der Waals surface area contributed by atoms with Gasteiger partial charge in [-0.3, -0.25) is 4.79 Å². The quantitative estimate of drug-likeness (QED) is 0.0204. The van der Waals surface area contributed by atoms with Crippen LogP contribution >= 0.6 is 0 Å². The molecule has 1 aliphatic rings. The van der Waals surface area contributed by atoms with Crippen LogP contribution < -0.4 is 0 Å². The Morgan fingerprint density at radius 3 is 1.79 bits per heavy atom. The van der Waals surface area contributed by atoms with E-state index in [4.69, 9.17) is 18.9 Å². The fourth-order valence-electron chi connectivity index (χ4n) is 7.10. The Bertz CT molecular complexity index is 1050. The summed E-state index contributed by atoms with van der Waals surface area (Å²) in [5, 5.41) is 0. The van der Waals surface area contributed by atoms with Crippen LogP contribution in [0, 0.1) is 11.8 Å². The normalized spacial score (nSPS) is 15.7. The first-order chi connectivity index (χ1) is 27.4. The number of hydrogen-bond acceptors (Lipinski definition) is 8. The number of unbranched alkanes of at least 4 members (excludes halogenated alkanes) is 17. The van der Waals surface area contributed by atoms with Crippen LogP contribution in [0.5, 0.6) is 0 Å². The number of rotatable bonds is 36. The molecule has 0 amide bonds. The number of nitrogens with zero attached hydrogens (tertiary/aromatic N) is 1. The van der Waals surface area contributed by atoms with Gasteiger partial charge in [-0.2, -0.15) is 0 Å². The lowest BCUT2D eigenvalue weighted by atomic mass is 9.99. The van der Waals surface area contributed by atoms with Crippen LogP contribution in [0.15, 0.2) is 36.0 Å². The van der Waals surface area contributed by atoms with Crippen LogP contribution in [0.1, 0.15) is 194 Å². The molecular formula is C48H85NO7. The van der Waals surface area contributed by atoms with Gasteiger partial charge in [0.1, 0.15) is 19.8 Å². The lowest BCUT2D eigenvalue weighted by Gasteiger charge is -2.29. The highest BCUT2D eigenvalue weighted by molar-refractivity contribution is 5.82. The van der Waals surface area contributed by atoms with Gasteiger partial charge in [0.25, 0.3) is 0 Å². The van der Waals surface area contributed by atoms with E-state index in [1.807, 2.05) is 0 Å². The number of hydrogen-bond donors (Lipinski definition) is 0. The molecule has 8 nitrogen and oxygen atoms in total. The molecule has 1 rings (SSSR count). The lowest BCUT2D eigenvalue weighted by molar-refractivity contribution is -0.148. The average Bonchev–Trinajstić information content (AvgIpc) is 3.19. The van der Waals surface area contributed by atoms with Crippen LogP contribution in [-0.4, -0.2) is 69.6 Å². The number of likely N-dealkylation sites (tertiary alicyclic amines) is 1. The molecule has 1 saturated heterocycles. The molecule has 0 radical (unpaired) electrons. The van der Waals surface area contributed by atoms with E-state index in [2.05, 4.69) is 57.0 Å². The van der Waals surface area contributed by atoms with Gasteiger partial charge in [0.15, 0.2) is 0 Å². The fourth-order valence-corrected chi connectivity index (χ4v) is 7.10. The first kappa shape index (κ1) is 51.4. The molecule has 0 aromatic rings. The zero-order valence-corrected chi connectivity index (χ0v) is 36.7. The van der Waals surface area contributed by atoms with Gasteiger partial charge >= 0.3 is 18.1 Å². The number of ether oxygens (including phenoxy) is 4. The van der Waals surface area contributed by atoms with Crippen LogP contribution in [0.2, 0.25) is 0 Å². The van der Waals surface area contributed by atoms with Crippen LogP contribution in [0.3, 0.4) is 0 Å². The van der Waals surface area contributed by atoms with E-state index >= 15 is 0 Å². The van der Waals surface area contributed by atoms with Gasteiger partial charge in [0.05, 0.1) is 12.5 Å². The minimum atomic E-state index is -0.741. The van der Waals surface area contributed by atoms with E-state index in [1.165, 1.54) is 70.6 Å². The highest BCUT2D eigenvalue weighted by Gasteiger charge is 2.21. The summed E-state index contributed by atoms with van der Waals surface area (Å²) in [6, 6.07) is 0. The molecule has 0 aliphatic carbocycles. The highest BCUT2D eigenvalue weighted by Crippen LogP contribution is 2.19. The predicted molar refractivity (Wildman–Crippen MR) is 232 cm³/mol. The molecule has 8 heteroatoms. The van der Waals surface area contributed by atoms with Gasteiger partial charge in [-0.05, 0) is 90.6 Å². The molecule has 1 aliphatic heterocycles. The third kappa shape index (κ3) is 32.5. The van der Waals surface area contributed by atoms with Crippen molar-refractivity contribution in [2.45, 2.75) is 194 Å². The first-order valence-electron chi connectivity index (χ1n) is 23.2. The van der Waals surface area contributed by atoms with Crippen molar-refractivity contribution in [1.82, 2.24) is 4.90 Å². The van der Waals surface area contributed by atoms with Crippen molar-refractivity contribution >= 4 is 18.1 Å². The summed E-state index contributed by atoms with van der Waals surface area (Å²) in [6.07, 6.45) is 40.0. The van der Waals surface area contributed by atoms with Crippen molar-refractivity contribution < 1.29 is 33.3 Å². The molecule has 1 heterocycles. The monoisotopic (exact) mass is 788 g/mol. The topological polar surface area (TPSA) is 91.4 Å². The summed E-state index contributed by atoms with van der Waals surface area (Å²) in [6.45, 7) is 8.88. The van der Waals surface area contributed by atoms with Gasteiger partial charge < -0.3 is 23.8 Å². The molecule has 0 N–H and O–H groups in total. The summed E-state index contributed by atoms with van der Waals surface area (Å²) in [7, 11) is 2.08. The second-order valence-electron chi connectivity index (χ2n) is 16.3. The molecular weight excluding hydrogens is 703 g/mol. The Morgan fingerprint density at radius 2 is 1.12 bits per heavy atom. The third-order valence-corrected chi connectivity index (χ3v) is 10.6. The Morgan fingerprint density at radius 1 is 0.607 bits per heavy atom. The van der Waals surface area contributed by atoms with E-state index in [-0.39, 0.29) is 37.7 Å². The number of piperidine rings is 1. The van der Waals surface area contributed by atoms with Crippen molar-refractivity contribution in [1.29, 1.82) is 0 Å². The molecule has 0 aromatic carbocycles. The van der Waals surface area contributed by atoms with Crippen LogP contribution in [0.4, 0.5) is 4.79 Å². The standard InChI is InChI=1S/C48H85NO7/c1-5-8-11-13-15-17-18-19-20-21-22-23-25-27-30-35-46(50)53-40-45(42-56-48(52)55-39-44-34-31-36-49(4)38-44)41-54-47(51)37-43(32-28-10-7-3)33-29-26-24-16-14-12-9-6-2/h15,17,19-20,37,44-45H,5-14,16,18,21-36,38-42H2,1-4H3/b17-15-,20-19-,43-37+. The highest BCUT2D eigenvalue weighted by atomic mass is 16.7. The maximum atomic E-state index is 13.0. The minimum absolute atomic E-state index is 0.00694. The molecule has 0 aromatic heterocycles. The maximum absolute atomic E-state index is 13.0. The van der Waals surface area contributed by atoms with Crippen LogP contribution in [-0.2, 0) is 28.5 Å². The number of esters is 2. The van der Waals surface area contributed by atoms with Gasteiger partial charge in [0, 0.05) is 25.0 Å². The third-order valence-electron chi connectivity index (χ3n) is 10.6. The van der Waals surface area contributed by atoms with Crippen molar-refractivity contribution in [2.24, 2.45) is 11.8 Å². The number of allylic oxidation sites excluding steroid dienone is 5. The number of carbonyl (C=O) groups excluding carboxylic acids is 3. The molecule has 0 spiro atoms. The Balaban J connectivity index is 2.53. The predicted octanol–water partition coefficient (Wildman–Crippen LogP) is 13.0. The average molecular weight is 788 g/mol. The van der Waals surface area contributed by atoms with E-state index < -0.39 is 12.1 Å². The van der Waals surface area contributed by atoms with E-state index in [0.29, 0.717) is 13.0 Å². The van der Waals surface area contributed by atoms with Crippen molar-refractivity contribution in [3.8, 4) is 0 Å². The largest absolute Gasteiger partial charge is 0.508 e. The molecule has 2 atom stereocenters. The molecule has 2 unspecified atom stereocenters. The van der Waals surface area contributed by atoms with E-state index in [9.17, 15) is 14.4 Å². The SMILES string of the molecule is CCCCC/C=C\C/C=C\CCCCCCCC(=O)OCC(COC(=O)/C=C(\CCCCC)CCCCCCCCCC)COC(=O)OCC1CCCN(C)C1.